The number of aromatic nitrogens is 4. The number of likely N-dealkylation sites (tertiary alicyclic amines) is 1. The molecule has 1 aromatic carbocycles. The molecule has 1 saturated heterocycles. The van der Waals surface area contributed by atoms with Crippen LogP contribution in [0.3, 0.4) is 0 Å². The van der Waals surface area contributed by atoms with Crippen molar-refractivity contribution in [3.63, 3.8) is 0 Å². The van der Waals surface area contributed by atoms with Crippen molar-refractivity contribution in [3.05, 3.63) is 53.7 Å². The molecule has 134 valence electrons. The van der Waals surface area contributed by atoms with Crippen molar-refractivity contribution < 1.29 is 4.79 Å². The van der Waals surface area contributed by atoms with Gasteiger partial charge in [0.2, 0.25) is 0 Å². The summed E-state index contributed by atoms with van der Waals surface area (Å²) in [5.74, 6) is 1.52. The molecule has 0 radical (unpaired) electrons. The van der Waals surface area contributed by atoms with Gasteiger partial charge in [-0.2, -0.15) is 0 Å². The van der Waals surface area contributed by atoms with Crippen molar-refractivity contribution in [2.45, 2.75) is 39.2 Å². The highest BCUT2D eigenvalue weighted by Crippen LogP contribution is 2.28. The zero-order chi connectivity index (χ0) is 18.1. The zero-order valence-electron chi connectivity index (χ0n) is 15.2. The number of piperidine rings is 1. The monoisotopic (exact) mass is 349 g/mol. The molecule has 1 aliphatic rings. The summed E-state index contributed by atoms with van der Waals surface area (Å²) in [4.78, 5) is 19.6. The van der Waals surface area contributed by atoms with Gasteiger partial charge in [-0.15, -0.1) is 10.2 Å². The molecule has 1 fully saturated rings. The fourth-order valence-electron chi connectivity index (χ4n) is 3.82. The van der Waals surface area contributed by atoms with Crippen LogP contribution in [0.2, 0.25) is 0 Å². The average Bonchev–Trinajstić information content (AvgIpc) is 3.15. The third-order valence-corrected chi connectivity index (χ3v) is 5.21. The third-order valence-electron chi connectivity index (χ3n) is 5.21. The molecule has 0 spiro atoms. The Labute approximate surface area is 152 Å². The van der Waals surface area contributed by atoms with E-state index >= 15 is 0 Å². The second-order valence-electron chi connectivity index (χ2n) is 6.87. The Morgan fingerprint density at radius 3 is 2.77 bits per heavy atom. The van der Waals surface area contributed by atoms with Crippen molar-refractivity contribution in [3.8, 4) is 0 Å². The van der Waals surface area contributed by atoms with Crippen LogP contribution in [-0.2, 0) is 6.54 Å². The van der Waals surface area contributed by atoms with Gasteiger partial charge in [-0.05, 0) is 38.8 Å². The standard InChI is InChI=1S/C20H23N5O/c1-3-24-13-21-23-19(24)15-8-10-25(11-9-15)20(26)17-12-14(2)22-18-7-5-4-6-16(17)18/h4-7,12-13,15H,3,8-11H2,1-2H3. The topological polar surface area (TPSA) is 63.9 Å². The number of hydrogen-bond donors (Lipinski definition) is 0. The van der Waals surface area contributed by atoms with Gasteiger partial charge in [0.15, 0.2) is 0 Å². The van der Waals surface area contributed by atoms with Crippen molar-refractivity contribution in [2.24, 2.45) is 0 Å². The summed E-state index contributed by atoms with van der Waals surface area (Å²) in [6.07, 6.45) is 3.64. The molecule has 1 amide bonds. The average molecular weight is 349 g/mol. The van der Waals surface area contributed by atoms with Crippen LogP contribution in [-0.4, -0.2) is 43.6 Å². The summed E-state index contributed by atoms with van der Waals surface area (Å²) < 4.78 is 2.10. The Morgan fingerprint density at radius 2 is 2.00 bits per heavy atom. The minimum absolute atomic E-state index is 0.0992. The van der Waals surface area contributed by atoms with E-state index in [0.717, 1.165) is 60.5 Å². The number of benzene rings is 1. The predicted molar refractivity (Wildman–Crippen MR) is 100 cm³/mol. The number of carbonyl (C=O) groups is 1. The first-order valence-corrected chi connectivity index (χ1v) is 9.20. The molecular formula is C20H23N5O. The molecule has 3 heterocycles. The molecule has 2 aromatic heterocycles. The van der Waals surface area contributed by atoms with Gasteiger partial charge in [0.25, 0.3) is 5.91 Å². The molecule has 3 aromatic rings. The highest BCUT2D eigenvalue weighted by Gasteiger charge is 2.28. The van der Waals surface area contributed by atoms with E-state index in [9.17, 15) is 4.79 Å². The van der Waals surface area contributed by atoms with Crippen LogP contribution < -0.4 is 0 Å². The zero-order valence-corrected chi connectivity index (χ0v) is 15.2. The summed E-state index contributed by atoms with van der Waals surface area (Å²) in [7, 11) is 0. The van der Waals surface area contributed by atoms with Crippen LogP contribution in [0.4, 0.5) is 0 Å². The molecule has 0 bridgehead atoms. The lowest BCUT2D eigenvalue weighted by Crippen LogP contribution is -2.38. The van der Waals surface area contributed by atoms with E-state index in [2.05, 4.69) is 26.7 Å². The number of nitrogens with zero attached hydrogens (tertiary/aromatic N) is 5. The van der Waals surface area contributed by atoms with E-state index in [1.54, 1.807) is 6.33 Å². The third kappa shape index (κ3) is 2.96. The Balaban J connectivity index is 1.54. The van der Waals surface area contributed by atoms with E-state index in [1.165, 1.54) is 0 Å². The number of aryl methyl sites for hydroxylation is 2. The largest absolute Gasteiger partial charge is 0.339 e. The molecular weight excluding hydrogens is 326 g/mol. The van der Waals surface area contributed by atoms with Gasteiger partial charge in [0.05, 0.1) is 11.1 Å². The van der Waals surface area contributed by atoms with Crippen LogP contribution in [0.25, 0.3) is 10.9 Å². The second-order valence-corrected chi connectivity index (χ2v) is 6.87. The molecule has 0 N–H and O–H groups in total. The van der Waals surface area contributed by atoms with E-state index in [-0.39, 0.29) is 5.91 Å². The molecule has 6 heteroatoms. The molecule has 26 heavy (non-hydrogen) atoms. The molecule has 0 aliphatic carbocycles. The van der Waals surface area contributed by atoms with Gasteiger partial charge in [-0.1, -0.05) is 18.2 Å². The number of rotatable bonds is 3. The van der Waals surface area contributed by atoms with Gasteiger partial charge in [0, 0.05) is 36.6 Å². The number of para-hydroxylation sites is 1. The van der Waals surface area contributed by atoms with Gasteiger partial charge in [-0.3, -0.25) is 9.78 Å². The quantitative estimate of drug-likeness (QED) is 0.728. The van der Waals surface area contributed by atoms with Crippen LogP contribution >= 0.6 is 0 Å². The fourth-order valence-corrected chi connectivity index (χ4v) is 3.82. The number of hydrogen-bond acceptors (Lipinski definition) is 4. The van der Waals surface area contributed by atoms with Crippen LogP contribution in [0.15, 0.2) is 36.7 Å². The Hall–Kier alpha value is -2.76. The van der Waals surface area contributed by atoms with Crippen LogP contribution in [0.5, 0.6) is 0 Å². The maximum absolute atomic E-state index is 13.1. The van der Waals surface area contributed by atoms with Crippen molar-refractivity contribution in [2.75, 3.05) is 13.1 Å². The summed E-state index contributed by atoms with van der Waals surface area (Å²) in [5, 5.41) is 9.26. The minimum atomic E-state index is 0.0992. The Bertz CT molecular complexity index is 940. The number of pyridine rings is 1. The molecule has 4 rings (SSSR count). The summed E-state index contributed by atoms with van der Waals surface area (Å²) in [6, 6.07) is 9.76. The van der Waals surface area contributed by atoms with E-state index in [4.69, 9.17) is 0 Å². The molecule has 0 unspecified atom stereocenters. The van der Waals surface area contributed by atoms with Gasteiger partial charge in [-0.25, -0.2) is 0 Å². The Kier molecular flexibility index (Phi) is 4.41. The fraction of sp³-hybridized carbons (Fsp3) is 0.400. The minimum Gasteiger partial charge on any atom is -0.339 e. The second kappa shape index (κ2) is 6.86. The van der Waals surface area contributed by atoms with E-state index in [1.807, 2.05) is 42.2 Å². The van der Waals surface area contributed by atoms with E-state index < -0.39 is 0 Å². The predicted octanol–water partition coefficient (Wildman–Crippen LogP) is 3.17. The van der Waals surface area contributed by atoms with Gasteiger partial charge in [0.1, 0.15) is 12.2 Å². The molecule has 0 atom stereocenters. The molecule has 0 saturated carbocycles. The van der Waals surface area contributed by atoms with Crippen molar-refractivity contribution >= 4 is 16.8 Å². The lowest BCUT2D eigenvalue weighted by atomic mass is 9.95. The number of fused-ring (bicyclic) bond motifs is 1. The first-order chi connectivity index (χ1) is 12.7. The normalized spacial score (nSPS) is 15.5. The van der Waals surface area contributed by atoms with Gasteiger partial charge >= 0.3 is 0 Å². The SMILES string of the molecule is CCn1cnnc1C1CCN(C(=O)c2cc(C)nc3ccccc23)CC1. The van der Waals surface area contributed by atoms with Gasteiger partial charge < -0.3 is 9.47 Å². The smallest absolute Gasteiger partial charge is 0.254 e. The van der Waals surface area contributed by atoms with Crippen molar-refractivity contribution in [1.82, 2.24) is 24.6 Å². The van der Waals surface area contributed by atoms with Crippen molar-refractivity contribution in [1.29, 1.82) is 0 Å². The lowest BCUT2D eigenvalue weighted by molar-refractivity contribution is 0.0712. The first-order valence-electron chi connectivity index (χ1n) is 9.20. The number of amides is 1. The van der Waals surface area contributed by atoms with E-state index in [0.29, 0.717) is 5.92 Å². The maximum Gasteiger partial charge on any atom is 0.254 e. The first kappa shape index (κ1) is 16.7. The van der Waals surface area contributed by atoms with Crippen LogP contribution in [0.1, 0.15) is 47.6 Å². The number of carbonyl (C=O) groups excluding carboxylic acids is 1. The van der Waals surface area contributed by atoms with Crippen LogP contribution in [0, 0.1) is 6.92 Å². The lowest BCUT2D eigenvalue weighted by Gasteiger charge is -2.32. The molecule has 1 aliphatic heterocycles. The molecule has 6 nitrogen and oxygen atoms in total. The summed E-state index contributed by atoms with van der Waals surface area (Å²) in [5.41, 5.74) is 2.50. The highest BCUT2D eigenvalue weighted by atomic mass is 16.2. The summed E-state index contributed by atoms with van der Waals surface area (Å²) in [6.45, 7) is 6.41. The Morgan fingerprint density at radius 1 is 1.23 bits per heavy atom. The maximum atomic E-state index is 13.1. The highest BCUT2D eigenvalue weighted by molar-refractivity contribution is 6.06. The summed E-state index contributed by atoms with van der Waals surface area (Å²) >= 11 is 0.